The molecule has 4 N–H and O–H groups in total. The summed E-state index contributed by atoms with van der Waals surface area (Å²) in [6.07, 6.45) is 4.79. The van der Waals surface area contributed by atoms with E-state index in [1.807, 2.05) is 0 Å². The summed E-state index contributed by atoms with van der Waals surface area (Å²) in [6, 6.07) is 4.66. The van der Waals surface area contributed by atoms with Crippen molar-refractivity contribution in [2.45, 2.75) is 26.2 Å². The predicted molar refractivity (Wildman–Crippen MR) is 80.6 cm³/mol. The Morgan fingerprint density at radius 2 is 2.16 bits per heavy atom. The molecule has 0 aliphatic carbocycles. The highest BCUT2D eigenvalue weighted by Gasteiger charge is 2.02. The van der Waals surface area contributed by atoms with Crippen LogP contribution in [0.3, 0.4) is 0 Å². The summed E-state index contributed by atoms with van der Waals surface area (Å²) in [5.41, 5.74) is 3.07. The quantitative estimate of drug-likeness (QED) is 0.211. The molecule has 0 aromatic heterocycles. The molecule has 1 aromatic rings. The molecule has 0 spiro atoms. The summed E-state index contributed by atoms with van der Waals surface area (Å²) < 4.78 is 0. The number of rotatable bonds is 6. The molecule has 0 saturated carbocycles. The van der Waals surface area contributed by atoms with Crippen molar-refractivity contribution in [1.82, 2.24) is 10.7 Å². The van der Waals surface area contributed by atoms with Crippen molar-refractivity contribution in [3.8, 4) is 11.5 Å². The van der Waals surface area contributed by atoms with E-state index in [0.717, 1.165) is 25.8 Å². The molecule has 0 heterocycles. The Morgan fingerprint density at radius 3 is 2.89 bits per heavy atom. The Kier molecular flexibility index (Phi) is 6.67. The first-order chi connectivity index (χ1) is 9.15. The van der Waals surface area contributed by atoms with Crippen LogP contribution < -0.4 is 10.7 Å². The van der Waals surface area contributed by atoms with Crippen LogP contribution in [0.1, 0.15) is 31.7 Å². The molecule has 0 amide bonds. The number of unbranched alkanes of at least 4 members (excludes halogenated alkanes) is 2. The zero-order chi connectivity index (χ0) is 14.1. The minimum absolute atomic E-state index is 0.177. The summed E-state index contributed by atoms with van der Waals surface area (Å²) >= 11 is 5.03. The van der Waals surface area contributed by atoms with Gasteiger partial charge in [0, 0.05) is 12.1 Å². The molecule has 0 unspecified atom stereocenters. The van der Waals surface area contributed by atoms with Gasteiger partial charge in [-0.2, -0.15) is 5.10 Å². The van der Waals surface area contributed by atoms with Crippen LogP contribution in [0.15, 0.2) is 23.3 Å². The third-order valence-electron chi connectivity index (χ3n) is 2.48. The van der Waals surface area contributed by atoms with E-state index in [4.69, 9.17) is 12.2 Å². The maximum atomic E-state index is 9.55. The number of nitrogens with one attached hydrogen (secondary N) is 2. The van der Waals surface area contributed by atoms with Crippen LogP contribution >= 0.6 is 12.2 Å². The molecule has 1 rings (SSSR count). The number of nitrogens with zero attached hydrogens (tertiary/aromatic N) is 1. The lowest BCUT2D eigenvalue weighted by Gasteiger charge is -2.06. The molecule has 0 bridgehead atoms. The van der Waals surface area contributed by atoms with Gasteiger partial charge in [0.2, 0.25) is 0 Å². The topological polar surface area (TPSA) is 76.9 Å². The fraction of sp³-hybridized carbons (Fsp3) is 0.385. The van der Waals surface area contributed by atoms with E-state index in [-0.39, 0.29) is 11.5 Å². The van der Waals surface area contributed by atoms with Crippen molar-refractivity contribution < 1.29 is 10.2 Å². The molecule has 0 radical (unpaired) electrons. The first-order valence-corrected chi connectivity index (χ1v) is 6.63. The number of hydrogen-bond donors (Lipinski definition) is 4. The predicted octanol–water partition coefficient (Wildman–Crippen LogP) is 2.09. The van der Waals surface area contributed by atoms with Crippen LogP contribution in [-0.2, 0) is 0 Å². The number of thiocarbonyl (C=S) groups is 1. The second-order valence-electron chi connectivity index (χ2n) is 4.05. The third-order valence-corrected chi connectivity index (χ3v) is 2.72. The average Bonchev–Trinajstić information content (AvgIpc) is 2.40. The van der Waals surface area contributed by atoms with Crippen molar-refractivity contribution in [2.75, 3.05) is 6.54 Å². The zero-order valence-corrected chi connectivity index (χ0v) is 11.7. The van der Waals surface area contributed by atoms with Crippen molar-refractivity contribution in [3.05, 3.63) is 23.8 Å². The number of aromatic hydroxyl groups is 2. The average molecular weight is 281 g/mol. The summed E-state index contributed by atoms with van der Waals surface area (Å²) in [5.74, 6) is -0.376. The Labute approximate surface area is 118 Å². The van der Waals surface area contributed by atoms with Crippen LogP contribution in [0.4, 0.5) is 0 Å². The number of para-hydroxylation sites is 1. The number of phenolic OH excluding ortho intramolecular Hbond substituents is 2. The van der Waals surface area contributed by atoms with Crippen LogP contribution in [0.5, 0.6) is 11.5 Å². The molecular formula is C13H19N3O2S. The molecule has 19 heavy (non-hydrogen) atoms. The molecular weight excluding hydrogens is 262 g/mol. The monoisotopic (exact) mass is 281 g/mol. The molecule has 0 saturated heterocycles. The Bertz CT molecular complexity index is 450. The van der Waals surface area contributed by atoms with Crippen molar-refractivity contribution >= 4 is 23.5 Å². The molecule has 1 aromatic carbocycles. The minimum atomic E-state index is -0.199. The van der Waals surface area contributed by atoms with Crippen molar-refractivity contribution in [1.29, 1.82) is 0 Å². The zero-order valence-electron chi connectivity index (χ0n) is 10.9. The number of hydrazone groups is 1. The van der Waals surface area contributed by atoms with E-state index in [1.165, 1.54) is 12.3 Å². The molecule has 104 valence electrons. The molecule has 0 aliphatic rings. The van der Waals surface area contributed by atoms with Gasteiger partial charge in [0.25, 0.3) is 0 Å². The lowest BCUT2D eigenvalue weighted by atomic mass is 10.2. The standard InChI is InChI=1S/C13H19N3O2S/c1-2-3-4-8-14-13(19)16-15-9-10-6-5-7-11(17)12(10)18/h5-7,9,17-18H,2-4,8H2,1H3,(H2,14,16,19)/b15-9+. The number of benzene rings is 1. The molecule has 0 aliphatic heterocycles. The van der Waals surface area contributed by atoms with Crippen molar-refractivity contribution in [3.63, 3.8) is 0 Å². The van der Waals surface area contributed by atoms with Crippen LogP contribution in [-0.4, -0.2) is 28.1 Å². The molecule has 0 atom stereocenters. The van der Waals surface area contributed by atoms with Gasteiger partial charge in [-0.05, 0) is 30.8 Å². The van der Waals surface area contributed by atoms with Gasteiger partial charge in [0.05, 0.1) is 6.21 Å². The first kappa shape index (κ1) is 15.2. The van der Waals surface area contributed by atoms with Crippen LogP contribution in [0, 0.1) is 0 Å². The van der Waals surface area contributed by atoms with E-state index in [0.29, 0.717) is 10.7 Å². The van der Waals surface area contributed by atoms with E-state index in [1.54, 1.807) is 12.1 Å². The van der Waals surface area contributed by atoms with E-state index < -0.39 is 0 Å². The summed E-state index contributed by atoms with van der Waals surface area (Å²) in [5, 5.41) is 26.2. The first-order valence-electron chi connectivity index (χ1n) is 6.23. The van der Waals surface area contributed by atoms with Gasteiger partial charge in [-0.3, -0.25) is 5.43 Å². The Balaban J connectivity index is 2.37. The number of hydrogen-bond acceptors (Lipinski definition) is 4. The van der Waals surface area contributed by atoms with Gasteiger partial charge in [0.1, 0.15) is 0 Å². The van der Waals surface area contributed by atoms with E-state index >= 15 is 0 Å². The highest BCUT2D eigenvalue weighted by molar-refractivity contribution is 7.80. The maximum Gasteiger partial charge on any atom is 0.186 e. The second-order valence-corrected chi connectivity index (χ2v) is 4.46. The van der Waals surface area contributed by atoms with Gasteiger partial charge in [-0.1, -0.05) is 25.8 Å². The summed E-state index contributed by atoms with van der Waals surface area (Å²) in [4.78, 5) is 0. The normalized spacial score (nSPS) is 10.6. The Hall–Kier alpha value is -1.82. The third kappa shape index (κ3) is 5.56. The fourth-order valence-corrected chi connectivity index (χ4v) is 1.58. The lowest BCUT2D eigenvalue weighted by molar-refractivity contribution is 0.403. The van der Waals surface area contributed by atoms with Crippen LogP contribution in [0.25, 0.3) is 0 Å². The fourth-order valence-electron chi connectivity index (χ4n) is 1.43. The minimum Gasteiger partial charge on any atom is -0.504 e. The van der Waals surface area contributed by atoms with Gasteiger partial charge < -0.3 is 15.5 Å². The molecule has 6 heteroatoms. The van der Waals surface area contributed by atoms with E-state index in [9.17, 15) is 10.2 Å². The largest absolute Gasteiger partial charge is 0.504 e. The summed E-state index contributed by atoms with van der Waals surface area (Å²) in [6.45, 7) is 2.95. The molecule has 5 nitrogen and oxygen atoms in total. The van der Waals surface area contributed by atoms with Gasteiger partial charge in [0.15, 0.2) is 16.6 Å². The van der Waals surface area contributed by atoms with Crippen molar-refractivity contribution in [2.24, 2.45) is 5.10 Å². The molecule has 0 fully saturated rings. The maximum absolute atomic E-state index is 9.55. The van der Waals surface area contributed by atoms with Gasteiger partial charge >= 0.3 is 0 Å². The second kappa shape index (κ2) is 8.31. The van der Waals surface area contributed by atoms with E-state index in [2.05, 4.69) is 22.8 Å². The number of phenols is 2. The lowest BCUT2D eigenvalue weighted by Crippen LogP contribution is -2.32. The van der Waals surface area contributed by atoms with Gasteiger partial charge in [-0.25, -0.2) is 0 Å². The Morgan fingerprint density at radius 1 is 1.37 bits per heavy atom. The van der Waals surface area contributed by atoms with Gasteiger partial charge in [-0.15, -0.1) is 0 Å². The summed E-state index contributed by atoms with van der Waals surface area (Å²) in [7, 11) is 0. The highest BCUT2D eigenvalue weighted by atomic mass is 32.1. The SMILES string of the molecule is CCCCCNC(=S)N/N=C/c1cccc(O)c1O. The smallest absolute Gasteiger partial charge is 0.186 e. The highest BCUT2D eigenvalue weighted by Crippen LogP contribution is 2.26. The van der Waals surface area contributed by atoms with Crippen LogP contribution in [0.2, 0.25) is 0 Å².